The van der Waals surface area contributed by atoms with Crippen LogP contribution < -0.4 is 4.90 Å². The fourth-order valence-electron chi connectivity index (χ4n) is 3.98. The molecule has 4 aromatic carbocycles. The number of fused-ring (bicyclic) bond motifs is 1. The maximum Gasteiger partial charge on any atom is 0.265 e. The third-order valence-corrected chi connectivity index (χ3v) is 5.40. The smallest absolute Gasteiger partial charge is 0.265 e. The lowest BCUT2D eigenvalue weighted by atomic mass is 9.94. The summed E-state index contributed by atoms with van der Waals surface area (Å²) in [5, 5.41) is 10.5. The molecule has 0 bridgehead atoms. The van der Waals surface area contributed by atoms with Crippen molar-refractivity contribution in [2.24, 2.45) is 0 Å². The number of benzene rings is 4. The second-order valence-electron chi connectivity index (χ2n) is 7.15. The van der Waals surface area contributed by atoms with Crippen molar-refractivity contribution in [3.05, 3.63) is 96.1 Å². The summed E-state index contributed by atoms with van der Waals surface area (Å²) in [6.45, 7) is 0. The zero-order chi connectivity index (χ0) is 20.2. The normalized spacial score (nSPS) is 13.4. The van der Waals surface area contributed by atoms with Crippen LogP contribution >= 0.6 is 0 Å². The van der Waals surface area contributed by atoms with Crippen molar-refractivity contribution < 1.29 is 9.59 Å². The van der Waals surface area contributed by atoms with Gasteiger partial charge in [0.15, 0.2) is 0 Å². The van der Waals surface area contributed by atoms with Crippen molar-refractivity contribution in [1.29, 1.82) is 0 Å². The minimum atomic E-state index is -0.319. The van der Waals surface area contributed by atoms with Gasteiger partial charge in [-0.05, 0) is 53.9 Å². The van der Waals surface area contributed by atoms with Crippen LogP contribution in [0.25, 0.3) is 27.5 Å². The molecular formula is C24H14N4O2. The molecule has 0 atom stereocenters. The summed E-state index contributed by atoms with van der Waals surface area (Å²) in [4.78, 5) is 29.1. The summed E-state index contributed by atoms with van der Waals surface area (Å²) in [6.07, 6.45) is 0. The molecule has 6 heteroatoms. The minimum Gasteiger partial charge on any atom is -0.268 e. The highest BCUT2D eigenvalue weighted by molar-refractivity contribution is 6.35. The van der Waals surface area contributed by atoms with E-state index in [0.29, 0.717) is 16.8 Å². The number of hydrogen-bond acceptors (Lipinski definition) is 4. The predicted molar refractivity (Wildman–Crippen MR) is 114 cm³/mol. The van der Waals surface area contributed by atoms with Crippen molar-refractivity contribution in [3.8, 4) is 5.69 Å². The highest BCUT2D eigenvalue weighted by Gasteiger charge is 2.33. The molecule has 6 rings (SSSR count). The Bertz CT molecular complexity index is 1400. The monoisotopic (exact) mass is 390 g/mol. The molecule has 30 heavy (non-hydrogen) atoms. The van der Waals surface area contributed by atoms with Crippen molar-refractivity contribution in [1.82, 2.24) is 15.0 Å². The van der Waals surface area contributed by atoms with Crippen LogP contribution in [0.4, 0.5) is 5.69 Å². The summed E-state index contributed by atoms with van der Waals surface area (Å²) in [7, 11) is 0. The number of imide groups is 1. The number of amides is 2. The van der Waals surface area contributed by atoms with Gasteiger partial charge in [0.25, 0.3) is 11.8 Å². The number of rotatable bonds is 2. The number of hydrogen-bond donors (Lipinski definition) is 0. The third kappa shape index (κ3) is 2.31. The predicted octanol–water partition coefficient (Wildman–Crippen LogP) is 4.37. The van der Waals surface area contributed by atoms with E-state index in [2.05, 4.69) is 10.2 Å². The average molecular weight is 390 g/mol. The Morgan fingerprint density at radius 3 is 1.67 bits per heavy atom. The second-order valence-corrected chi connectivity index (χ2v) is 7.15. The van der Waals surface area contributed by atoms with Gasteiger partial charge < -0.3 is 0 Å². The topological polar surface area (TPSA) is 68.1 Å². The molecule has 0 radical (unpaired) electrons. The fraction of sp³-hybridized carbons (Fsp3) is 0. The molecule has 0 aliphatic carbocycles. The highest BCUT2D eigenvalue weighted by atomic mass is 16.2. The first-order valence-corrected chi connectivity index (χ1v) is 9.54. The number of nitrogens with zero attached hydrogens (tertiary/aromatic N) is 4. The van der Waals surface area contributed by atoms with E-state index < -0.39 is 0 Å². The number of anilines is 1. The molecule has 0 saturated heterocycles. The fourth-order valence-corrected chi connectivity index (χ4v) is 3.98. The van der Waals surface area contributed by atoms with E-state index in [0.717, 1.165) is 27.5 Å². The highest BCUT2D eigenvalue weighted by Crippen LogP contribution is 2.33. The van der Waals surface area contributed by atoms with Crippen LogP contribution in [0.15, 0.2) is 84.9 Å². The van der Waals surface area contributed by atoms with E-state index in [4.69, 9.17) is 0 Å². The maximum absolute atomic E-state index is 13.2. The molecule has 6 nitrogen and oxygen atoms in total. The molecule has 1 aromatic heterocycles. The zero-order valence-corrected chi connectivity index (χ0v) is 15.7. The van der Waals surface area contributed by atoms with Gasteiger partial charge in [-0.15, -0.1) is 10.2 Å². The van der Waals surface area contributed by atoms with E-state index in [1.165, 1.54) is 4.90 Å². The first kappa shape index (κ1) is 16.6. The van der Waals surface area contributed by atoms with E-state index in [1.54, 1.807) is 41.2 Å². The Morgan fingerprint density at radius 1 is 0.567 bits per heavy atom. The van der Waals surface area contributed by atoms with Crippen molar-refractivity contribution in [2.45, 2.75) is 0 Å². The van der Waals surface area contributed by atoms with Crippen LogP contribution in [0.2, 0.25) is 0 Å². The average Bonchev–Trinajstić information content (AvgIpc) is 3.22. The molecule has 1 aliphatic heterocycles. The van der Waals surface area contributed by atoms with Crippen molar-refractivity contribution in [2.75, 3.05) is 4.90 Å². The summed E-state index contributed by atoms with van der Waals surface area (Å²) in [5.41, 5.74) is 3.92. The van der Waals surface area contributed by atoms with Gasteiger partial charge in [0, 0.05) is 16.5 Å². The minimum absolute atomic E-state index is 0.319. The zero-order valence-electron chi connectivity index (χ0n) is 15.7. The standard InChI is InChI=1S/C24H14N4O2/c29-23-18-7-3-5-15-6-4-8-19(22(15)18)24(30)27(23)16-11-13-17(14-12-16)28-25-20-9-1-2-10-21(20)26-28/h1-14H. The summed E-state index contributed by atoms with van der Waals surface area (Å²) >= 11 is 0. The van der Waals surface area contributed by atoms with Crippen LogP contribution in [0.1, 0.15) is 20.7 Å². The quantitative estimate of drug-likeness (QED) is 0.420. The molecule has 2 amide bonds. The van der Waals surface area contributed by atoms with Gasteiger partial charge in [0.2, 0.25) is 0 Å². The molecule has 0 fully saturated rings. The molecule has 0 spiro atoms. The Morgan fingerprint density at radius 2 is 1.10 bits per heavy atom. The maximum atomic E-state index is 13.2. The Labute approximate surface area is 171 Å². The summed E-state index contributed by atoms with van der Waals surface area (Å²) in [6, 6.07) is 25.7. The summed E-state index contributed by atoms with van der Waals surface area (Å²) in [5.74, 6) is -0.639. The van der Waals surface area contributed by atoms with Gasteiger partial charge >= 0.3 is 0 Å². The van der Waals surface area contributed by atoms with Crippen molar-refractivity contribution in [3.63, 3.8) is 0 Å². The van der Waals surface area contributed by atoms with Gasteiger partial charge in [-0.3, -0.25) is 9.59 Å². The molecule has 5 aromatic rings. The first-order chi connectivity index (χ1) is 14.7. The summed E-state index contributed by atoms with van der Waals surface area (Å²) < 4.78 is 0. The van der Waals surface area contributed by atoms with Gasteiger partial charge in [-0.25, -0.2) is 4.90 Å². The second kappa shape index (κ2) is 6.09. The Hall–Kier alpha value is -4.32. The van der Waals surface area contributed by atoms with E-state index in [-0.39, 0.29) is 11.8 Å². The SMILES string of the molecule is O=C1c2cccc3cccc(c23)C(=O)N1c1ccc(-n2nc3ccccc3n2)cc1. The largest absolute Gasteiger partial charge is 0.268 e. The van der Waals surface area contributed by atoms with E-state index in [1.807, 2.05) is 48.5 Å². The lowest BCUT2D eigenvalue weighted by Gasteiger charge is -2.27. The van der Waals surface area contributed by atoms with Gasteiger partial charge in [-0.1, -0.05) is 36.4 Å². The van der Waals surface area contributed by atoms with Crippen LogP contribution in [-0.2, 0) is 0 Å². The molecule has 1 aliphatic rings. The molecule has 0 N–H and O–H groups in total. The molecule has 142 valence electrons. The Balaban J connectivity index is 1.42. The number of aromatic nitrogens is 3. The van der Waals surface area contributed by atoms with Crippen LogP contribution in [0, 0.1) is 0 Å². The number of carbonyl (C=O) groups excluding carboxylic acids is 2. The van der Waals surface area contributed by atoms with Crippen LogP contribution in [0.3, 0.4) is 0 Å². The van der Waals surface area contributed by atoms with Gasteiger partial charge in [0.05, 0.1) is 11.4 Å². The molecule has 0 saturated carbocycles. The van der Waals surface area contributed by atoms with Gasteiger partial charge in [-0.2, -0.15) is 4.80 Å². The van der Waals surface area contributed by atoms with Crippen LogP contribution in [0.5, 0.6) is 0 Å². The first-order valence-electron chi connectivity index (χ1n) is 9.54. The molecule has 2 heterocycles. The lowest BCUT2D eigenvalue weighted by molar-refractivity contribution is 0.0893. The van der Waals surface area contributed by atoms with Gasteiger partial charge in [0.1, 0.15) is 11.0 Å². The number of carbonyl (C=O) groups is 2. The van der Waals surface area contributed by atoms with Crippen molar-refractivity contribution >= 4 is 39.3 Å². The molecule has 0 unspecified atom stereocenters. The lowest BCUT2D eigenvalue weighted by Crippen LogP contribution is -2.40. The van der Waals surface area contributed by atoms with E-state index in [9.17, 15) is 9.59 Å². The third-order valence-electron chi connectivity index (χ3n) is 5.40. The molecular weight excluding hydrogens is 376 g/mol. The van der Waals surface area contributed by atoms with E-state index >= 15 is 0 Å². The van der Waals surface area contributed by atoms with Crippen LogP contribution in [-0.4, -0.2) is 26.8 Å². The Kier molecular flexibility index (Phi) is 3.37.